The number of carbonyl (C=O) groups excluding carboxylic acids is 3. The van der Waals surface area contributed by atoms with E-state index in [4.69, 9.17) is 19.3 Å². The highest BCUT2D eigenvalue weighted by molar-refractivity contribution is 6.06. The molecule has 0 aromatic carbocycles. The van der Waals surface area contributed by atoms with Crippen molar-refractivity contribution in [1.29, 1.82) is 0 Å². The predicted octanol–water partition coefficient (Wildman–Crippen LogP) is -4.76. The van der Waals surface area contributed by atoms with Crippen LogP contribution in [0.5, 0.6) is 0 Å². The Kier molecular flexibility index (Phi) is 28.4. The topological polar surface area (TPSA) is 553 Å². The molecule has 4 unspecified atom stereocenters. The maximum atomic E-state index is 13.0. The molecule has 3 amide bonds. The molecule has 44 nitrogen and oxygen atoms in total. The summed E-state index contributed by atoms with van der Waals surface area (Å²) < 4.78 is 29.9. The molecule has 2 bridgehead atoms. The maximum Gasteiger partial charge on any atom is 0.233 e. The SMILES string of the molecule is O=C(CCCCCN1C(=O)C2C3C=CC(C3)C2C1=O)NCc1cn([C@@H](CO)Cc2cn([C@@H](CO)Cc3cn([C@@H](CO)Cc4cn([C@@H](CO)Cc5cn([C@@H](CO)Cc6cn([C@@H](CO)Cc7cn([C@@H](CO)Cc8cn([C@@H](CO)Cc9cn(CCOCCOCCOCCO)nn9)nn8)nn7)nn6)nn5)nn4)nn3)nn2)nn1. The molecule has 1 saturated heterocycles. The van der Waals surface area contributed by atoms with Gasteiger partial charge in [-0.2, -0.15) is 0 Å². The van der Waals surface area contributed by atoms with Gasteiger partial charge in [-0.25, -0.2) is 42.1 Å². The summed E-state index contributed by atoms with van der Waals surface area (Å²) in [6.07, 6.45) is 24.0. The highest BCUT2D eigenvalue weighted by Gasteiger charge is 2.59. The molecule has 2 aliphatic carbocycles. The molecule has 10 N–H and O–H groups in total. The van der Waals surface area contributed by atoms with Crippen LogP contribution in [0.1, 0.15) is 132 Å². The number of aliphatic hydroxyl groups is 9. The van der Waals surface area contributed by atoms with Gasteiger partial charge in [0, 0.05) is 114 Å². The molecule has 12 rings (SSSR count). The highest BCUT2D eigenvalue weighted by Crippen LogP contribution is 2.52. The van der Waals surface area contributed by atoms with Gasteiger partial charge in [0.05, 0.1) is 224 Å². The first kappa shape index (κ1) is 79.7. The molecule has 12 atom stereocenters. The summed E-state index contributed by atoms with van der Waals surface area (Å²) in [5, 5.41) is 172. The first-order valence-electron chi connectivity index (χ1n) is 36.9. The van der Waals surface area contributed by atoms with E-state index in [1.54, 1.807) is 65.1 Å². The van der Waals surface area contributed by atoms with E-state index in [0.29, 0.717) is 123 Å². The van der Waals surface area contributed by atoms with Crippen molar-refractivity contribution in [3.05, 3.63) is 119 Å². The number of unbranched alkanes of at least 4 members (excludes halogenated alkanes) is 2. The number of carbonyl (C=O) groups is 3. The minimum atomic E-state index is -0.625. The Hall–Kier alpha value is -9.87. The number of likely N-dealkylation sites (tertiary alicyclic amines) is 1. The second kappa shape index (κ2) is 39.2. The number of fused-ring (bicyclic) bond motifs is 5. The molecule has 44 heteroatoms. The number of aromatic nitrogens is 27. The quantitative estimate of drug-likeness (QED) is 0.00972. The van der Waals surface area contributed by atoms with Gasteiger partial charge in [0.15, 0.2) is 0 Å². The molecule has 10 heterocycles. The Morgan fingerprint density at radius 3 is 0.982 bits per heavy atom. The summed E-state index contributed by atoms with van der Waals surface area (Å²) >= 11 is 0. The van der Waals surface area contributed by atoms with Crippen molar-refractivity contribution in [2.24, 2.45) is 23.7 Å². The summed E-state index contributed by atoms with van der Waals surface area (Å²) in [5.41, 5.74) is 4.60. The van der Waals surface area contributed by atoms with Crippen LogP contribution in [0.4, 0.5) is 0 Å². The minimum absolute atomic E-state index is 0.0333. The zero-order valence-electron chi connectivity index (χ0n) is 60.7. The molecule has 0 spiro atoms. The van der Waals surface area contributed by atoms with E-state index in [1.807, 2.05) is 0 Å². The average Bonchev–Trinajstić information content (AvgIpc) is 1.57. The fraction of sp³-hybridized carbons (Fsp3) is 0.652. The predicted molar refractivity (Wildman–Crippen MR) is 373 cm³/mol. The molecule has 2 fully saturated rings. The zero-order valence-corrected chi connectivity index (χ0v) is 60.7. The summed E-state index contributed by atoms with van der Waals surface area (Å²) in [4.78, 5) is 40.1. The Bertz CT molecular complexity index is 4320. The third-order valence-corrected chi connectivity index (χ3v) is 20.0. The van der Waals surface area contributed by atoms with Crippen LogP contribution < -0.4 is 5.32 Å². The van der Waals surface area contributed by atoms with Gasteiger partial charge in [-0.05, 0) is 31.1 Å². The van der Waals surface area contributed by atoms with Gasteiger partial charge in [-0.15, -0.1) is 45.9 Å². The van der Waals surface area contributed by atoms with Crippen molar-refractivity contribution in [2.75, 3.05) is 106 Å². The summed E-state index contributed by atoms with van der Waals surface area (Å²) in [5.74, 6) is -0.344. The third-order valence-electron chi connectivity index (χ3n) is 20.0. The van der Waals surface area contributed by atoms with E-state index in [0.717, 1.165) is 6.42 Å². The molecule has 0 radical (unpaired) electrons. The first-order valence-corrected chi connectivity index (χ1v) is 36.9. The molecule has 1 saturated carbocycles. The molecule has 594 valence electrons. The molecule has 110 heavy (non-hydrogen) atoms. The van der Waals surface area contributed by atoms with Crippen LogP contribution >= 0.6 is 0 Å². The van der Waals surface area contributed by atoms with Crippen LogP contribution in [-0.4, -0.2) is 309 Å². The fourth-order valence-electron chi connectivity index (χ4n) is 14.0. The Balaban J connectivity index is 0.554. The molecule has 9 aromatic heterocycles. The van der Waals surface area contributed by atoms with Crippen LogP contribution in [0.15, 0.2) is 67.9 Å². The highest BCUT2D eigenvalue weighted by atomic mass is 16.5. The molecule has 9 aromatic rings. The molecule has 3 aliphatic rings. The van der Waals surface area contributed by atoms with Crippen molar-refractivity contribution < 1.29 is 74.6 Å². The first-order chi connectivity index (χ1) is 53.8. The standard InChI is InChI=1S/C66H95N29O15/c96-9-11-109-13-15-110-14-12-108-10-8-86-26-45(68-77-86)17-54(35-97)88-27-46(69-78-88)18-55(36-98)89-28-47(70-79-89)19-56(37-99)90-29-48(71-80-90)20-57(38-100)91-30-49(72-81-91)21-58(39-101)92-31-50(73-82-92)22-59(40-102)93-32-51(74-83-93)23-60(41-103)94-33-52(75-84-94)24-61(42-104)95-34-53(76-85-95)25-67-62(105)4-2-1-3-7-87-65(106)63-43-5-6-44(16-43)64(63)66(87)107/h5-6,26-34,43-44,54-61,63-64,96-104H,1-4,7-25,35-42H2,(H,67,105)/t43?,44?,54-,55-,56-,57-,58-,59-,60-,61-,63?,64?/m1/s1. The van der Waals surface area contributed by atoms with Gasteiger partial charge in [0.25, 0.3) is 0 Å². The van der Waals surface area contributed by atoms with Gasteiger partial charge >= 0.3 is 0 Å². The van der Waals surface area contributed by atoms with E-state index >= 15 is 0 Å². The molecule has 1 aliphatic heterocycles. The van der Waals surface area contributed by atoms with E-state index < -0.39 is 48.3 Å². The van der Waals surface area contributed by atoms with Crippen LogP contribution in [0, 0.1) is 23.7 Å². The maximum absolute atomic E-state index is 13.0. The van der Waals surface area contributed by atoms with Crippen molar-refractivity contribution in [3.63, 3.8) is 0 Å². The summed E-state index contributed by atoms with van der Waals surface area (Å²) in [7, 11) is 0. The number of nitrogens with zero attached hydrogens (tertiary/aromatic N) is 28. The second-order valence-corrected chi connectivity index (χ2v) is 27.8. The number of hydrogen-bond donors (Lipinski definition) is 10. The van der Waals surface area contributed by atoms with Crippen LogP contribution in [0.2, 0.25) is 0 Å². The lowest BCUT2D eigenvalue weighted by Gasteiger charge is -2.16. The van der Waals surface area contributed by atoms with E-state index in [2.05, 4.69) is 110 Å². The van der Waals surface area contributed by atoms with Crippen molar-refractivity contribution in [3.8, 4) is 0 Å². The van der Waals surface area contributed by atoms with Crippen molar-refractivity contribution >= 4 is 17.7 Å². The lowest BCUT2D eigenvalue weighted by molar-refractivity contribution is -0.140. The Morgan fingerprint density at radius 2 is 0.655 bits per heavy atom. The number of hydrogen-bond acceptors (Lipinski definition) is 33. The smallest absolute Gasteiger partial charge is 0.233 e. The lowest BCUT2D eigenvalue weighted by Crippen LogP contribution is -2.33. The summed E-state index contributed by atoms with van der Waals surface area (Å²) in [6, 6.07) is -4.72. The average molecular weight is 1530 g/mol. The van der Waals surface area contributed by atoms with Gasteiger partial charge < -0.3 is 65.5 Å². The van der Waals surface area contributed by atoms with E-state index in [1.165, 1.54) is 37.7 Å². The summed E-state index contributed by atoms with van der Waals surface area (Å²) in [6.45, 7) is 0.640. The van der Waals surface area contributed by atoms with Gasteiger partial charge in [-0.3, -0.25) is 19.3 Å². The number of ether oxygens (including phenoxy) is 3. The molecular formula is C66H95N29O15. The largest absolute Gasteiger partial charge is 0.394 e. The van der Waals surface area contributed by atoms with Crippen molar-refractivity contribution in [2.45, 2.75) is 145 Å². The number of aliphatic hydroxyl groups excluding tert-OH is 9. The number of amides is 3. The number of rotatable bonds is 51. The second-order valence-electron chi connectivity index (χ2n) is 27.8. The third kappa shape index (κ3) is 20.4. The number of allylic oxidation sites excluding steroid dienone is 2. The molecular weight excluding hydrogens is 1440 g/mol. The monoisotopic (exact) mass is 1530 g/mol. The Morgan fingerprint density at radius 1 is 0.364 bits per heavy atom. The minimum Gasteiger partial charge on any atom is -0.394 e. The number of imide groups is 1. The Labute approximate surface area is 628 Å². The lowest BCUT2D eigenvalue weighted by atomic mass is 9.85. The van der Waals surface area contributed by atoms with E-state index in [-0.39, 0.29) is 165 Å². The van der Waals surface area contributed by atoms with Gasteiger partial charge in [-0.1, -0.05) is 65.5 Å². The van der Waals surface area contributed by atoms with E-state index in [9.17, 15) is 55.2 Å². The zero-order chi connectivity index (χ0) is 76.9. The van der Waals surface area contributed by atoms with Gasteiger partial charge in [0.2, 0.25) is 17.7 Å². The normalized spacial score (nSPS) is 18.4. The van der Waals surface area contributed by atoms with Crippen LogP contribution in [0.3, 0.4) is 0 Å². The van der Waals surface area contributed by atoms with Crippen LogP contribution in [0.25, 0.3) is 0 Å². The van der Waals surface area contributed by atoms with Crippen LogP contribution in [-0.2, 0) is 93.1 Å². The van der Waals surface area contributed by atoms with Gasteiger partial charge in [0.1, 0.15) is 5.69 Å². The fourth-order valence-corrected chi connectivity index (χ4v) is 14.0. The van der Waals surface area contributed by atoms with Crippen molar-refractivity contribution in [1.82, 2.24) is 145 Å². The number of nitrogens with one attached hydrogen (secondary N) is 1.